The maximum Gasteiger partial charge on any atom is 0.261 e. The van der Waals surface area contributed by atoms with Crippen molar-refractivity contribution < 1.29 is 9.53 Å². The number of rotatable bonds is 8. The third kappa shape index (κ3) is 6.17. The highest BCUT2D eigenvalue weighted by molar-refractivity contribution is 5.81. The molecule has 0 aliphatic heterocycles. The zero-order chi connectivity index (χ0) is 15.9. The van der Waals surface area contributed by atoms with Gasteiger partial charge in [0, 0.05) is 12.1 Å². The van der Waals surface area contributed by atoms with E-state index >= 15 is 0 Å². The van der Waals surface area contributed by atoms with Crippen molar-refractivity contribution in [3.05, 3.63) is 29.8 Å². The Balaban J connectivity index is 2.61. The number of ether oxygens (including phenoxy) is 1. The normalized spacial score (nSPS) is 12.8. The van der Waals surface area contributed by atoms with Gasteiger partial charge in [-0.2, -0.15) is 0 Å². The van der Waals surface area contributed by atoms with Crippen LogP contribution in [-0.2, 0) is 11.3 Å². The number of benzene rings is 1. The highest BCUT2D eigenvalue weighted by Gasteiger charge is 2.22. The van der Waals surface area contributed by atoms with Crippen LogP contribution < -0.4 is 15.4 Å². The van der Waals surface area contributed by atoms with Crippen LogP contribution in [0.4, 0.5) is 0 Å². The molecule has 4 heteroatoms. The molecule has 118 valence electrons. The highest BCUT2D eigenvalue weighted by Crippen LogP contribution is 2.16. The van der Waals surface area contributed by atoms with E-state index < -0.39 is 6.10 Å². The number of amides is 1. The van der Waals surface area contributed by atoms with E-state index in [9.17, 15) is 4.79 Å². The summed E-state index contributed by atoms with van der Waals surface area (Å²) in [5, 5.41) is 6.27. The molecule has 0 fully saturated rings. The molecule has 0 radical (unpaired) electrons. The maximum atomic E-state index is 12.1. The second kappa shape index (κ2) is 8.03. The van der Waals surface area contributed by atoms with Crippen LogP contribution in [0.25, 0.3) is 0 Å². The van der Waals surface area contributed by atoms with Crippen LogP contribution in [-0.4, -0.2) is 24.1 Å². The van der Waals surface area contributed by atoms with Gasteiger partial charge in [-0.3, -0.25) is 4.79 Å². The molecule has 0 aliphatic carbocycles. The number of hydrogen-bond acceptors (Lipinski definition) is 3. The molecule has 0 aromatic heterocycles. The molecule has 0 spiro atoms. The van der Waals surface area contributed by atoms with E-state index in [1.165, 1.54) is 0 Å². The zero-order valence-electron chi connectivity index (χ0n) is 13.8. The lowest BCUT2D eigenvalue weighted by molar-refractivity contribution is -0.128. The minimum atomic E-state index is -0.509. The van der Waals surface area contributed by atoms with Gasteiger partial charge in [0.1, 0.15) is 5.75 Å². The van der Waals surface area contributed by atoms with Crippen LogP contribution in [0.5, 0.6) is 5.75 Å². The van der Waals surface area contributed by atoms with Crippen LogP contribution in [0, 0.1) is 0 Å². The van der Waals surface area contributed by atoms with Gasteiger partial charge in [0.25, 0.3) is 5.91 Å². The number of carbonyl (C=O) groups is 1. The summed E-state index contributed by atoms with van der Waals surface area (Å²) >= 11 is 0. The Labute approximate surface area is 128 Å². The van der Waals surface area contributed by atoms with Crippen LogP contribution in [0.3, 0.4) is 0 Å². The van der Waals surface area contributed by atoms with Gasteiger partial charge in [0.15, 0.2) is 6.10 Å². The third-order valence-corrected chi connectivity index (χ3v) is 3.51. The summed E-state index contributed by atoms with van der Waals surface area (Å²) in [6.07, 6.45) is 0.370. The second-order valence-electron chi connectivity index (χ2n) is 5.91. The molecular weight excluding hydrogens is 264 g/mol. The first-order valence-electron chi connectivity index (χ1n) is 7.66. The summed E-state index contributed by atoms with van der Waals surface area (Å²) in [6, 6.07) is 7.84. The van der Waals surface area contributed by atoms with E-state index in [0.717, 1.165) is 30.8 Å². The van der Waals surface area contributed by atoms with Gasteiger partial charge in [-0.1, -0.05) is 26.0 Å². The van der Waals surface area contributed by atoms with Crippen molar-refractivity contribution in [3.63, 3.8) is 0 Å². The van der Waals surface area contributed by atoms with Gasteiger partial charge in [0.05, 0.1) is 0 Å². The monoisotopic (exact) mass is 292 g/mol. The van der Waals surface area contributed by atoms with E-state index in [1.54, 1.807) is 6.92 Å². The zero-order valence-corrected chi connectivity index (χ0v) is 13.8. The molecule has 1 aromatic rings. The Morgan fingerprint density at radius 3 is 2.67 bits per heavy atom. The molecule has 1 amide bonds. The van der Waals surface area contributed by atoms with Gasteiger partial charge >= 0.3 is 0 Å². The Morgan fingerprint density at radius 2 is 2.05 bits per heavy atom. The maximum absolute atomic E-state index is 12.1. The summed E-state index contributed by atoms with van der Waals surface area (Å²) < 4.78 is 5.75. The van der Waals surface area contributed by atoms with Crippen molar-refractivity contribution >= 4 is 5.91 Å². The van der Waals surface area contributed by atoms with Gasteiger partial charge in [-0.15, -0.1) is 0 Å². The molecule has 1 aromatic carbocycles. The van der Waals surface area contributed by atoms with E-state index in [-0.39, 0.29) is 11.4 Å². The van der Waals surface area contributed by atoms with E-state index in [0.29, 0.717) is 0 Å². The fourth-order valence-corrected chi connectivity index (χ4v) is 1.78. The van der Waals surface area contributed by atoms with Crippen molar-refractivity contribution in [1.82, 2.24) is 10.6 Å². The predicted molar refractivity (Wildman–Crippen MR) is 86.4 cm³/mol. The number of carbonyl (C=O) groups excluding carboxylic acids is 1. The highest BCUT2D eigenvalue weighted by atomic mass is 16.5. The fraction of sp³-hybridized carbons (Fsp3) is 0.588. The van der Waals surface area contributed by atoms with Crippen LogP contribution in [0.2, 0.25) is 0 Å². The lowest BCUT2D eigenvalue weighted by Gasteiger charge is -2.26. The van der Waals surface area contributed by atoms with Gasteiger partial charge in [-0.05, 0) is 51.4 Å². The summed E-state index contributed by atoms with van der Waals surface area (Å²) in [6.45, 7) is 11.6. The first kappa shape index (κ1) is 17.5. The average molecular weight is 292 g/mol. The quantitative estimate of drug-likeness (QED) is 0.774. The predicted octanol–water partition coefficient (Wildman–Crippen LogP) is 2.87. The molecule has 0 saturated heterocycles. The lowest BCUT2D eigenvalue weighted by atomic mass is 10.0. The lowest BCUT2D eigenvalue weighted by Crippen LogP contribution is -2.48. The van der Waals surface area contributed by atoms with Crippen molar-refractivity contribution in [1.29, 1.82) is 0 Å². The Morgan fingerprint density at radius 1 is 1.33 bits per heavy atom. The van der Waals surface area contributed by atoms with Crippen molar-refractivity contribution in [2.45, 2.75) is 59.2 Å². The minimum absolute atomic E-state index is 0.0843. The summed E-state index contributed by atoms with van der Waals surface area (Å²) in [5.41, 5.74) is 0.942. The Bertz CT molecular complexity index is 458. The van der Waals surface area contributed by atoms with Crippen LogP contribution in [0.15, 0.2) is 24.3 Å². The third-order valence-electron chi connectivity index (χ3n) is 3.51. The van der Waals surface area contributed by atoms with Crippen molar-refractivity contribution in [3.8, 4) is 5.75 Å². The van der Waals surface area contributed by atoms with Crippen LogP contribution >= 0.6 is 0 Å². The summed E-state index contributed by atoms with van der Waals surface area (Å²) in [4.78, 5) is 12.1. The molecule has 1 rings (SSSR count). The first-order chi connectivity index (χ1) is 9.88. The van der Waals surface area contributed by atoms with Gasteiger partial charge < -0.3 is 15.4 Å². The molecule has 0 aliphatic rings. The Kier molecular flexibility index (Phi) is 6.69. The van der Waals surface area contributed by atoms with E-state index in [1.807, 2.05) is 38.1 Å². The molecule has 1 atom stereocenters. The second-order valence-corrected chi connectivity index (χ2v) is 5.91. The molecule has 0 saturated carbocycles. The smallest absolute Gasteiger partial charge is 0.261 e. The molecule has 1 unspecified atom stereocenters. The number of nitrogens with one attached hydrogen (secondary N) is 2. The molecule has 21 heavy (non-hydrogen) atoms. The summed E-state index contributed by atoms with van der Waals surface area (Å²) in [5.74, 6) is 0.640. The Hall–Kier alpha value is -1.55. The molecule has 0 bridgehead atoms. The van der Waals surface area contributed by atoms with E-state index in [4.69, 9.17) is 4.74 Å². The number of hydrogen-bond donors (Lipinski definition) is 2. The van der Waals surface area contributed by atoms with Crippen LogP contribution in [0.1, 0.15) is 46.6 Å². The van der Waals surface area contributed by atoms with Gasteiger partial charge in [0.2, 0.25) is 0 Å². The topological polar surface area (TPSA) is 50.4 Å². The average Bonchev–Trinajstić information content (AvgIpc) is 2.45. The SMILES string of the molecule is CCNCc1cccc(OC(C)C(=O)NC(C)(C)CC)c1. The van der Waals surface area contributed by atoms with E-state index in [2.05, 4.69) is 24.5 Å². The molecule has 0 heterocycles. The molecule has 2 N–H and O–H groups in total. The standard InChI is InChI=1S/C17H28N2O2/c1-6-17(4,5)19-16(20)13(3)21-15-10-8-9-14(11-15)12-18-7-2/h8-11,13,18H,6-7,12H2,1-5H3,(H,19,20). The van der Waals surface area contributed by atoms with Crippen molar-refractivity contribution in [2.24, 2.45) is 0 Å². The summed E-state index contributed by atoms with van der Waals surface area (Å²) in [7, 11) is 0. The molecule has 4 nitrogen and oxygen atoms in total. The van der Waals surface area contributed by atoms with Gasteiger partial charge in [-0.25, -0.2) is 0 Å². The first-order valence-corrected chi connectivity index (χ1v) is 7.66. The fourth-order valence-electron chi connectivity index (χ4n) is 1.78. The largest absolute Gasteiger partial charge is 0.481 e. The van der Waals surface area contributed by atoms with Crippen molar-refractivity contribution in [2.75, 3.05) is 6.54 Å². The molecular formula is C17H28N2O2. The minimum Gasteiger partial charge on any atom is -0.481 e.